The Balaban J connectivity index is 1.37. The highest BCUT2D eigenvalue weighted by Crippen LogP contribution is 2.26. The molecule has 1 aromatic heterocycles. The Morgan fingerprint density at radius 2 is 1.80 bits per heavy atom. The van der Waals surface area contributed by atoms with Gasteiger partial charge in [0, 0.05) is 35.4 Å². The van der Waals surface area contributed by atoms with Gasteiger partial charge in [-0.15, -0.1) is 11.3 Å². The third-order valence-electron chi connectivity index (χ3n) is 7.10. The van der Waals surface area contributed by atoms with Gasteiger partial charge in [-0.05, 0) is 79.8 Å². The maximum Gasteiger partial charge on any atom is 0.410 e. The summed E-state index contributed by atoms with van der Waals surface area (Å²) >= 11 is 1.59. The zero-order valence-corrected chi connectivity index (χ0v) is 26.8. The SMILES string of the molecule is CC(C)(C)OC(=O)N(C/C(=C/c1ccc(C(=O)NOC2CCCCO2)cc1)COc1cccc2ccccc12)Cc1cccs1. The van der Waals surface area contributed by atoms with Gasteiger partial charge in [-0.1, -0.05) is 60.7 Å². The first-order chi connectivity index (χ1) is 21.7. The molecule has 3 aromatic carbocycles. The molecule has 0 saturated carbocycles. The summed E-state index contributed by atoms with van der Waals surface area (Å²) in [6, 6.07) is 25.2. The van der Waals surface area contributed by atoms with Crippen LogP contribution in [-0.4, -0.2) is 48.5 Å². The highest BCUT2D eigenvalue weighted by atomic mass is 32.1. The Morgan fingerprint density at radius 3 is 2.53 bits per heavy atom. The van der Waals surface area contributed by atoms with E-state index in [0.29, 0.717) is 18.7 Å². The standard InChI is InChI=1S/C36H40N2O6S/c1-36(2,3)43-35(40)38(24-30-12-9-21-45-30)23-27(25-42-32-14-8-11-28-10-4-5-13-31(28)32)22-26-16-18-29(19-17-26)34(39)37-44-33-15-6-7-20-41-33/h4-5,8-14,16-19,21-22,33H,6-7,15,20,23-25H2,1-3H3,(H,37,39)/b27-22-. The van der Waals surface area contributed by atoms with Gasteiger partial charge >= 0.3 is 6.09 Å². The number of rotatable bonds is 11. The highest BCUT2D eigenvalue weighted by molar-refractivity contribution is 7.09. The first-order valence-corrected chi connectivity index (χ1v) is 16.1. The lowest BCUT2D eigenvalue weighted by Gasteiger charge is -2.28. The summed E-state index contributed by atoms with van der Waals surface area (Å²) in [4.78, 5) is 34.3. The molecule has 236 valence electrons. The number of carbonyl (C=O) groups is 2. The zero-order valence-electron chi connectivity index (χ0n) is 26.0. The summed E-state index contributed by atoms with van der Waals surface area (Å²) in [7, 11) is 0. The average Bonchev–Trinajstić information content (AvgIpc) is 3.55. The van der Waals surface area contributed by atoms with Crippen LogP contribution in [0.25, 0.3) is 16.8 Å². The summed E-state index contributed by atoms with van der Waals surface area (Å²) in [6.07, 6.45) is 3.93. The lowest BCUT2D eigenvalue weighted by molar-refractivity contribution is -0.186. The van der Waals surface area contributed by atoms with Gasteiger partial charge in [0.05, 0.1) is 6.54 Å². The number of carbonyl (C=O) groups excluding carboxylic acids is 2. The van der Waals surface area contributed by atoms with E-state index in [2.05, 4.69) is 17.6 Å². The molecule has 0 radical (unpaired) electrons. The van der Waals surface area contributed by atoms with Gasteiger partial charge in [-0.2, -0.15) is 0 Å². The van der Waals surface area contributed by atoms with E-state index in [1.807, 2.05) is 86.8 Å². The van der Waals surface area contributed by atoms with Gasteiger partial charge in [0.2, 0.25) is 0 Å². The third-order valence-corrected chi connectivity index (χ3v) is 7.96. The van der Waals surface area contributed by atoms with E-state index in [0.717, 1.165) is 51.8 Å². The Kier molecular flexibility index (Phi) is 10.9. The first kappa shape index (κ1) is 32.2. The van der Waals surface area contributed by atoms with Crippen LogP contribution < -0.4 is 10.2 Å². The van der Waals surface area contributed by atoms with Crippen LogP contribution in [0, 0.1) is 0 Å². The second kappa shape index (κ2) is 15.2. The van der Waals surface area contributed by atoms with Crippen molar-refractivity contribution in [1.82, 2.24) is 10.4 Å². The predicted octanol–water partition coefficient (Wildman–Crippen LogP) is 7.99. The number of hydroxylamine groups is 1. The van der Waals surface area contributed by atoms with Crippen molar-refractivity contribution in [2.45, 2.75) is 58.5 Å². The third kappa shape index (κ3) is 9.65. The highest BCUT2D eigenvalue weighted by Gasteiger charge is 2.24. The predicted molar refractivity (Wildman–Crippen MR) is 177 cm³/mol. The van der Waals surface area contributed by atoms with Crippen LogP contribution >= 0.6 is 11.3 Å². The van der Waals surface area contributed by atoms with Crippen LogP contribution in [0.3, 0.4) is 0 Å². The molecule has 1 aliphatic rings. The van der Waals surface area contributed by atoms with Crippen molar-refractivity contribution < 1.29 is 28.6 Å². The van der Waals surface area contributed by atoms with Crippen LogP contribution in [0.5, 0.6) is 5.75 Å². The topological polar surface area (TPSA) is 86.3 Å². The molecule has 0 aliphatic carbocycles. The van der Waals surface area contributed by atoms with E-state index in [1.165, 1.54) is 0 Å². The van der Waals surface area contributed by atoms with Crippen molar-refractivity contribution in [1.29, 1.82) is 0 Å². The van der Waals surface area contributed by atoms with E-state index < -0.39 is 18.0 Å². The molecule has 8 nitrogen and oxygen atoms in total. The van der Waals surface area contributed by atoms with Gasteiger partial charge in [-0.25, -0.2) is 15.1 Å². The molecule has 1 atom stereocenters. The number of benzene rings is 3. The summed E-state index contributed by atoms with van der Waals surface area (Å²) in [5, 5.41) is 4.09. The van der Waals surface area contributed by atoms with Gasteiger partial charge in [0.25, 0.3) is 5.91 Å². The molecule has 1 saturated heterocycles. The summed E-state index contributed by atoms with van der Waals surface area (Å²) in [6.45, 7) is 7.15. The number of nitrogens with zero attached hydrogens (tertiary/aromatic N) is 1. The van der Waals surface area contributed by atoms with Crippen LogP contribution in [0.4, 0.5) is 4.79 Å². The van der Waals surface area contributed by atoms with Gasteiger partial charge < -0.3 is 14.2 Å². The van der Waals surface area contributed by atoms with Crippen LogP contribution in [0.1, 0.15) is 60.8 Å². The maximum atomic E-state index is 13.4. The largest absolute Gasteiger partial charge is 0.489 e. The molecule has 1 unspecified atom stereocenters. The number of fused-ring (bicyclic) bond motifs is 1. The van der Waals surface area contributed by atoms with Crippen molar-refractivity contribution >= 4 is 40.2 Å². The molecule has 0 spiro atoms. The van der Waals surface area contributed by atoms with Crippen molar-refractivity contribution in [3.8, 4) is 5.75 Å². The fraction of sp³-hybridized carbons (Fsp3) is 0.333. The lowest BCUT2D eigenvalue weighted by atomic mass is 10.1. The number of hydrogen-bond acceptors (Lipinski definition) is 7. The van der Waals surface area contributed by atoms with Crippen molar-refractivity contribution in [2.24, 2.45) is 0 Å². The number of amides is 2. The minimum absolute atomic E-state index is 0.245. The molecule has 9 heteroatoms. The molecule has 45 heavy (non-hydrogen) atoms. The van der Waals surface area contributed by atoms with Gasteiger partial charge in [0.1, 0.15) is 18.0 Å². The van der Waals surface area contributed by atoms with Gasteiger partial charge in [0.15, 0.2) is 6.29 Å². The number of thiophene rings is 1. The van der Waals surface area contributed by atoms with Crippen LogP contribution in [-0.2, 0) is 20.9 Å². The quantitative estimate of drug-likeness (QED) is 0.170. The van der Waals surface area contributed by atoms with Crippen LogP contribution in [0.2, 0.25) is 0 Å². The average molecular weight is 629 g/mol. The molecular formula is C36H40N2O6S. The molecule has 2 heterocycles. The molecular weight excluding hydrogens is 588 g/mol. The maximum absolute atomic E-state index is 13.4. The fourth-order valence-corrected chi connectivity index (χ4v) is 5.64. The van der Waals surface area contributed by atoms with Crippen molar-refractivity contribution in [3.63, 3.8) is 0 Å². The molecule has 4 aromatic rings. The summed E-state index contributed by atoms with van der Waals surface area (Å²) in [5.74, 6) is 0.418. The van der Waals surface area contributed by atoms with E-state index in [-0.39, 0.29) is 19.1 Å². The molecule has 1 aliphatic heterocycles. The Bertz CT molecular complexity index is 1580. The van der Waals surface area contributed by atoms with E-state index in [4.69, 9.17) is 19.0 Å². The molecule has 2 amide bonds. The van der Waals surface area contributed by atoms with E-state index in [9.17, 15) is 9.59 Å². The number of ether oxygens (including phenoxy) is 3. The fourth-order valence-electron chi connectivity index (χ4n) is 4.92. The normalized spacial score (nSPS) is 15.4. The summed E-state index contributed by atoms with van der Waals surface area (Å²) < 4.78 is 17.7. The van der Waals surface area contributed by atoms with Crippen molar-refractivity contribution in [2.75, 3.05) is 19.8 Å². The second-order valence-corrected chi connectivity index (χ2v) is 13.0. The first-order valence-electron chi connectivity index (χ1n) is 15.2. The second-order valence-electron chi connectivity index (χ2n) is 12.0. The smallest absolute Gasteiger partial charge is 0.410 e. The number of hydrogen-bond donors (Lipinski definition) is 1. The van der Waals surface area contributed by atoms with E-state index >= 15 is 0 Å². The Hall–Kier alpha value is -4.18. The number of nitrogens with one attached hydrogen (secondary N) is 1. The summed E-state index contributed by atoms with van der Waals surface area (Å²) in [5.41, 5.74) is 4.05. The molecule has 5 rings (SSSR count). The molecule has 1 fully saturated rings. The van der Waals surface area contributed by atoms with Gasteiger partial charge in [-0.3, -0.25) is 9.69 Å². The van der Waals surface area contributed by atoms with Crippen molar-refractivity contribution in [3.05, 3.63) is 106 Å². The monoisotopic (exact) mass is 628 g/mol. The van der Waals surface area contributed by atoms with E-state index in [1.54, 1.807) is 28.4 Å². The Morgan fingerprint density at radius 1 is 1.00 bits per heavy atom. The molecule has 1 N–H and O–H groups in total. The lowest BCUT2D eigenvalue weighted by Crippen LogP contribution is -2.38. The minimum atomic E-state index is -0.642. The van der Waals surface area contributed by atoms with Crippen LogP contribution in [0.15, 0.2) is 89.8 Å². The molecule has 0 bridgehead atoms. The zero-order chi connectivity index (χ0) is 31.6. The Labute approximate surface area is 268 Å². The minimum Gasteiger partial charge on any atom is -0.489 e.